The van der Waals surface area contributed by atoms with Crippen molar-refractivity contribution < 1.29 is 9.53 Å². The molecule has 0 aromatic carbocycles. The van der Waals surface area contributed by atoms with Crippen LogP contribution < -0.4 is 15.8 Å². The second-order valence-corrected chi connectivity index (χ2v) is 9.93. The molecule has 0 aliphatic heterocycles. The fraction of sp³-hybridized carbons (Fsp3) is 0.739. The Balaban J connectivity index is 1.80. The SMILES string of the molecule is CCCC1C2CCC(C2)C1NC(=O)c1cnn(/C=C/C(C)(C)N)c1OCC(C)C. The Morgan fingerprint density at radius 3 is 2.79 bits per heavy atom. The van der Waals surface area contributed by atoms with Gasteiger partial charge in [0.15, 0.2) is 0 Å². The minimum Gasteiger partial charge on any atom is -0.477 e. The maximum Gasteiger partial charge on any atom is 0.258 e. The maximum absolute atomic E-state index is 13.2. The Hall–Kier alpha value is -1.82. The van der Waals surface area contributed by atoms with Crippen LogP contribution in [0.3, 0.4) is 0 Å². The Kier molecular flexibility index (Phi) is 6.72. The van der Waals surface area contributed by atoms with Gasteiger partial charge in [-0.25, -0.2) is 4.68 Å². The van der Waals surface area contributed by atoms with Crippen LogP contribution >= 0.6 is 0 Å². The molecular formula is C23H38N4O2. The van der Waals surface area contributed by atoms with Gasteiger partial charge < -0.3 is 15.8 Å². The molecule has 1 amide bonds. The van der Waals surface area contributed by atoms with Crippen LogP contribution in [-0.2, 0) is 0 Å². The molecule has 1 aromatic rings. The third-order valence-electron chi connectivity index (χ3n) is 6.20. The van der Waals surface area contributed by atoms with E-state index in [0.29, 0.717) is 35.8 Å². The highest BCUT2D eigenvalue weighted by atomic mass is 16.5. The minimum absolute atomic E-state index is 0.0749. The van der Waals surface area contributed by atoms with Crippen molar-refractivity contribution in [3.63, 3.8) is 0 Å². The van der Waals surface area contributed by atoms with Crippen LogP contribution in [0, 0.1) is 23.7 Å². The summed E-state index contributed by atoms with van der Waals surface area (Å²) in [6, 6.07) is 0.279. The minimum atomic E-state index is -0.472. The van der Waals surface area contributed by atoms with Gasteiger partial charge in [-0.15, -0.1) is 0 Å². The number of hydrogen-bond acceptors (Lipinski definition) is 4. The number of fused-ring (bicyclic) bond motifs is 2. The number of amides is 1. The first kappa shape index (κ1) is 21.9. The average molecular weight is 403 g/mol. The average Bonchev–Trinajstić information content (AvgIpc) is 3.33. The standard InChI is InChI=1S/C23H38N4O2/c1-6-7-18-16-8-9-17(12-16)20(18)26-21(28)19-13-25-27(11-10-23(4,5)24)22(19)29-14-15(2)3/h10-11,13,15-18,20H,6-9,12,14,24H2,1-5H3,(H,26,28)/b11-10+. The summed E-state index contributed by atoms with van der Waals surface area (Å²) < 4.78 is 7.63. The van der Waals surface area contributed by atoms with Gasteiger partial charge in [0.2, 0.25) is 5.88 Å². The van der Waals surface area contributed by atoms with Crippen LogP contribution in [0.25, 0.3) is 6.20 Å². The molecule has 3 N–H and O–H groups in total. The third-order valence-corrected chi connectivity index (χ3v) is 6.20. The van der Waals surface area contributed by atoms with Crippen molar-refractivity contribution in [2.24, 2.45) is 29.4 Å². The molecule has 162 valence electrons. The molecule has 2 bridgehead atoms. The van der Waals surface area contributed by atoms with Gasteiger partial charge in [0.1, 0.15) is 5.56 Å². The predicted molar refractivity (Wildman–Crippen MR) is 117 cm³/mol. The number of ether oxygens (including phenoxy) is 1. The normalized spacial score (nSPS) is 26.6. The molecule has 6 heteroatoms. The summed E-state index contributed by atoms with van der Waals surface area (Å²) in [5.41, 5.74) is 6.09. The van der Waals surface area contributed by atoms with E-state index in [2.05, 4.69) is 31.2 Å². The molecule has 0 radical (unpaired) electrons. The van der Waals surface area contributed by atoms with Crippen molar-refractivity contribution >= 4 is 12.1 Å². The van der Waals surface area contributed by atoms with Crippen LogP contribution in [0.1, 0.15) is 77.1 Å². The Labute approximate surface area is 175 Å². The fourth-order valence-electron chi connectivity index (χ4n) is 4.88. The molecule has 4 unspecified atom stereocenters. The lowest BCUT2D eigenvalue weighted by Crippen LogP contribution is -2.44. The highest BCUT2D eigenvalue weighted by Crippen LogP contribution is 2.50. The molecular weight excluding hydrogens is 364 g/mol. The summed E-state index contributed by atoms with van der Waals surface area (Å²) >= 11 is 0. The summed E-state index contributed by atoms with van der Waals surface area (Å²) in [6.07, 6.45) is 11.4. The zero-order valence-electron chi connectivity index (χ0n) is 18.6. The van der Waals surface area contributed by atoms with Gasteiger partial charge in [0, 0.05) is 17.8 Å². The van der Waals surface area contributed by atoms with E-state index in [0.717, 1.165) is 5.92 Å². The molecule has 2 saturated carbocycles. The van der Waals surface area contributed by atoms with E-state index in [1.807, 2.05) is 19.9 Å². The monoisotopic (exact) mass is 402 g/mol. The summed E-state index contributed by atoms with van der Waals surface area (Å²) in [6.45, 7) is 10.8. The number of nitrogens with two attached hydrogens (primary N) is 1. The Morgan fingerprint density at radius 2 is 2.14 bits per heavy atom. The van der Waals surface area contributed by atoms with E-state index in [9.17, 15) is 4.79 Å². The fourth-order valence-corrected chi connectivity index (χ4v) is 4.88. The summed E-state index contributed by atoms with van der Waals surface area (Å²) in [5, 5.41) is 7.74. The zero-order valence-corrected chi connectivity index (χ0v) is 18.6. The van der Waals surface area contributed by atoms with Gasteiger partial charge in [-0.05, 0) is 69.3 Å². The van der Waals surface area contributed by atoms with Crippen LogP contribution in [-0.4, -0.2) is 33.9 Å². The molecule has 0 saturated heterocycles. The molecule has 29 heavy (non-hydrogen) atoms. The number of aromatic nitrogens is 2. The van der Waals surface area contributed by atoms with Crippen molar-refractivity contribution in [1.29, 1.82) is 0 Å². The summed E-state index contributed by atoms with van der Waals surface area (Å²) in [4.78, 5) is 13.2. The number of nitrogens with zero attached hydrogens (tertiary/aromatic N) is 2. The molecule has 1 heterocycles. The second-order valence-electron chi connectivity index (χ2n) is 9.93. The summed E-state index contributed by atoms with van der Waals surface area (Å²) in [5.74, 6) is 2.77. The topological polar surface area (TPSA) is 82.2 Å². The van der Waals surface area contributed by atoms with Gasteiger partial charge >= 0.3 is 0 Å². The first-order valence-electron chi connectivity index (χ1n) is 11.2. The van der Waals surface area contributed by atoms with Crippen molar-refractivity contribution in [3.8, 4) is 5.88 Å². The second kappa shape index (κ2) is 8.90. The van der Waals surface area contributed by atoms with Gasteiger partial charge in [0.05, 0.1) is 12.8 Å². The molecule has 0 spiro atoms. The number of carbonyl (C=O) groups is 1. The number of nitrogens with one attached hydrogen (secondary N) is 1. The highest BCUT2D eigenvalue weighted by molar-refractivity contribution is 5.96. The van der Waals surface area contributed by atoms with E-state index in [1.54, 1.807) is 17.1 Å². The van der Waals surface area contributed by atoms with E-state index >= 15 is 0 Å². The van der Waals surface area contributed by atoms with Gasteiger partial charge in [-0.3, -0.25) is 4.79 Å². The van der Waals surface area contributed by atoms with E-state index < -0.39 is 5.54 Å². The van der Waals surface area contributed by atoms with Gasteiger partial charge in [-0.1, -0.05) is 27.2 Å². The van der Waals surface area contributed by atoms with Gasteiger partial charge in [-0.2, -0.15) is 5.10 Å². The summed E-state index contributed by atoms with van der Waals surface area (Å²) in [7, 11) is 0. The molecule has 2 aliphatic carbocycles. The quantitative estimate of drug-likeness (QED) is 0.652. The first-order valence-corrected chi connectivity index (χ1v) is 11.2. The van der Waals surface area contributed by atoms with Crippen LogP contribution in [0.2, 0.25) is 0 Å². The van der Waals surface area contributed by atoms with E-state index in [4.69, 9.17) is 10.5 Å². The maximum atomic E-state index is 13.2. The van der Waals surface area contributed by atoms with Crippen LogP contribution in [0.4, 0.5) is 0 Å². The predicted octanol–water partition coefficient (Wildman–Crippen LogP) is 4.07. The smallest absolute Gasteiger partial charge is 0.258 e. The van der Waals surface area contributed by atoms with E-state index in [1.165, 1.54) is 32.1 Å². The molecule has 2 aliphatic rings. The van der Waals surface area contributed by atoms with Crippen LogP contribution in [0.5, 0.6) is 5.88 Å². The number of hydrogen-bond donors (Lipinski definition) is 2. The lowest BCUT2D eigenvalue weighted by atomic mass is 9.81. The molecule has 4 atom stereocenters. The lowest BCUT2D eigenvalue weighted by molar-refractivity contribution is 0.0891. The van der Waals surface area contributed by atoms with Crippen molar-refractivity contribution in [3.05, 3.63) is 17.8 Å². The largest absolute Gasteiger partial charge is 0.477 e. The van der Waals surface area contributed by atoms with E-state index in [-0.39, 0.29) is 11.9 Å². The first-order chi connectivity index (χ1) is 13.7. The zero-order chi connectivity index (χ0) is 21.2. The van der Waals surface area contributed by atoms with Crippen molar-refractivity contribution in [2.45, 2.75) is 78.3 Å². The molecule has 6 nitrogen and oxygen atoms in total. The number of rotatable bonds is 9. The molecule has 2 fully saturated rings. The third kappa shape index (κ3) is 5.21. The Morgan fingerprint density at radius 1 is 1.41 bits per heavy atom. The van der Waals surface area contributed by atoms with Crippen LogP contribution in [0.15, 0.2) is 12.3 Å². The van der Waals surface area contributed by atoms with Crippen molar-refractivity contribution in [2.75, 3.05) is 6.61 Å². The highest BCUT2D eigenvalue weighted by Gasteiger charge is 2.47. The lowest BCUT2D eigenvalue weighted by Gasteiger charge is -2.31. The molecule has 1 aromatic heterocycles. The number of carbonyl (C=O) groups excluding carboxylic acids is 1. The Bertz CT molecular complexity index is 732. The van der Waals surface area contributed by atoms with Crippen molar-refractivity contribution in [1.82, 2.24) is 15.1 Å². The van der Waals surface area contributed by atoms with Gasteiger partial charge in [0.25, 0.3) is 5.91 Å². The molecule has 3 rings (SSSR count).